The number of hydrogen-bond donors (Lipinski definition) is 2. The number of guanidine groups is 1. The third-order valence-electron chi connectivity index (χ3n) is 4.77. The maximum Gasteiger partial charge on any atom is 0.191 e. The van der Waals surface area contributed by atoms with Crippen molar-refractivity contribution in [2.75, 3.05) is 26.2 Å². The van der Waals surface area contributed by atoms with Gasteiger partial charge in [-0.15, -0.1) is 24.0 Å². The van der Waals surface area contributed by atoms with Gasteiger partial charge in [0.15, 0.2) is 5.96 Å². The van der Waals surface area contributed by atoms with Gasteiger partial charge in [-0.2, -0.15) is 0 Å². The molecule has 1 atom stereocenters. The van der Waals surface area contributed by atoms with Crippen LogP contribution in [0.25, 0.3) is 0 Å². The second-order valence-electron chi connectivity index (χ2n) is 6.69. The van der Waals surface area contributed by atoms with Gasteiger partial charge in [0.05, 0.1) is 18.8 Å². The van der Waals surface area contributed by atoms with Crippen LogP contribution in [0.1, 0.15) is 43.6 Å². The molecule has 0 amide bonds. The van der Waals surface area contributed by atoms with E-state index in [0.717, 1.165) is 37.9 Å². The third-order valence-corrected chi connectivity index (χ3v) is 4.77. The zero-order chi connectivity index (χ0) is 18.0. The number of rotatable bonds is 7. The van der Waals surface area contributed by atoms with Crippen molar-refractivity contribution in [1.82, 2.24) is 15.5 Å². The van der Waals surface area contributed by atoms with Crippen LogP contribution < -0.4 is 10.6 Å². The minimum Gasteiger partial charge on any atom is -0.468 e. The van der Waals surface area contributed by atoms with Gasteiger partial charge < -0.3 is 15.1 Å². The molecule has 0 radical (unpaired) electrons. The smallest absolute Gasteiger partial charge is 0.191 e. The Morgan fingerprint density at radius 2 is 1.85 bits per heavy atom. The summed E-state index contributed by atoms with van der Waals surface area (Å²) in [4.78, 5) is 7.25. The number of likely N-dealkylation sites (tertiary alicyclic amines) is 1. The molecule has 1 fully saturated rings. The molecule has 2 heterocycles. The molecule has 1 aliphatic heterocycles. The summed E-state index contributed by atoms with van der Waals surface area (Å²) in [6.45, 7) is 6.65. The minimum absolute atomic E-state index is 0. The van der Waals surface area contributed by atoms with Gasteiger partial charge in [0.25, 0.3) is 0 Å². The number of piperidine rings is 1. The molecule has 1 saturated heterocycles. The molecule has 0 aliphatic carbocycles. The SMILES string of the molecule is CCNC(=NCc1ccccc1)NCC(c1ccco1)N1CCCCC1.I. The van der Waals surface area contributed by atoms with E-state index < -0.39 is 0 Å². The van der Waals surface area contributed by atoms with Gasteiger partial charge in [0.2, 0.25) is 0 Å². The Bertz CT molecular complexity index is 654. The molecule has 6 heteroatoms. The molecule has 3 rings (SSSR count). The normalized spacial score (nSPS) is 16.4. The summed E-state index contributed by atoms with van der Waals surface area (Å²) in [7, 11) is 0. The highest BCUT2D eigenvalue weighted by atomic mass is 127. The van der Waals surface area contributed by atoms with Gasteiger partial charge in [-0.3, -0.25) is 4.90 Å². The second kappa shape index (κ2) is 12.0. The van der Waals surface area contributed by atoms with Crippen LogP contribution >= 0.6 is 24.0 Å². The van der Waals surface area contributed by atoms with Gasteiger partial charge in [0.1, 0.15) is 5.76 Å². The summed E-state index contributed by atoms with van der Waals surface area (Å²) in [6.07, 6.45) is 5.62. The summed E-state index contributed by atoms with van der Waals surface area (Å²) >= 11 is 0. The van der Waals surface area contributed by atoms with E-state index in [2.05, 4.69) is 52.8 Å². The van der Waals surface area contributed by atoms with Crippen molar-refractivity contribution in [2.45, 2.75) is 38.8 Å². The van der Waals surface area contributed by atoms with Crippen LogP contribution in [-0.4, -0.2) is 37.0 Å². The molecule has 1 aromatic heterocycles. The molecule has 1 aliphatic rings. The Balaban J connectivity index is 0.00000261. The third kappa shape index (κ3) is 6.84. The van der Waals surface area contributed by atoms with Crippen molar-refractivity contribution in [3.05, 3.63) is 60.1 Å². The van der Waals surface area contributed by atoms with E-state index in [0.29, 0.717) is 6.54 Å². The van der Waals surface area contributed by atoms with Crippen LogP contribution in [0.4, 0.5) is 0 Å². The fraction of sp³-hybridized carbons (Fsp3) is 0.476. The van der Waals surface area contributed by atoms with Gasteiger partial charge in [-0.1, -0.05) is 36.8 Å². The van der Waals surface area contributed by atoms with Crippen LogP contribution in [0.2, 0.25) is 0 Å². The Labute approximate surface area is 179 Å². The number of nitrogens with one attached hydrogen (secondary N) is 2. The zero-order valence-electron chi connectivity index (χ0n) is 16.1. The fourth-order valence-corrected chi connectivity index (χ4v) is 3.41. The Morgan fingerprint density at radius 3 is 2.52 bits per heavy atom. The summed E-state index contributed by atoms with van der Waals surface area (Å²) in [5.41, 5.74) is 1.21. The van der Waals surface area contributed by atoms with Crippen molar-refractivity contribution < 1.29 is 4.42 Å². The average Bonchev–Trinajstić information content (AvgIpc) is 3.22. The zero-order valence-corrected chi connectivity index (χ0v) is 18.4. The monoisotopic (exact) mass is 482 g/mol. The lowest BCUT2D eigenvalue weighted by Gasteiger charge is -2.33. The summed E-state index contributed by atoms with van der Waals surface area (Å²) < 4.78 is 5.73. The standard InChI is InChI=1S/C21H30N4O.HI/c1-2-22-21(23-16-18-10-5-3-6-11-18)24-17-19(20-12-9-15-26-20)25-13-7-4-8-14-25;/h3,5-6,9-12,15,19H,2,4,7-8,13-14,16-17H2,1H3,(H2,22,23,24);1H. The predicted molar refractivity (Wildman–Crippen MR) is 122 cm³/mol. The molecule has 1 unspecified atom stereocenters. The average molecular weight is 482 g/mol. The molecule has 2 aromatic rings. The molecule has 148 valence electrons. The molecule has 0 spiro atoms. The lowest BCUT2D eigenvalue weighted by Crippen LogP contribution is -2.44. The topological polar surface area (TPSA) is 52.8 Å². The van der Waals surface area contributed by atoms with E-state index in [4.69, 9.17) is 9.41 Å². The lowest BCUT2D eigenvalue weighted by molar-refractivity contribution is 0.146. The van der Waals surface area contributed by atoms with Crippen LogP contribution in [0.5, 0.6) is 0 Å². The molecule has 5 nitrogen and oxygen atoms in total. The van der Waals surface area contributed by atoms with Crippen molar-refractivity contribution in [2.24, 2.45) is 4.99 Å². The number of aliphatic imine (C=N–C) groups is 1. The molecule has 0 bridgehead atoms. The Morgan fingerprint density at radius 1 is 1.07 bits per heavy atom. The van der Waals surface area contributed by atoms with E-state index in [9.17, 15) is 0 Å². The maximum absolute atomic E-state index is 5.73. The summed E-state index contributed by atoms with van der Waals surface area (Å²) in [5, 5.41) is 6.86. The quantitative estimate of drug-likeness (QED) is 0.353. The van der Waals surface area contributed by atoms with E-state index in [1.165, 1.54) is 24.8 Å². The van der Waals surface area contributed by atoms with E-state index in [-0.39, 0.29) is 30.0 Å². The predicted octanol–water partition coefficient (Wildman–Crippen LogP) is 4.18. The van der Waals surface area contributed by atoms with Crippen molar-refractivity contribution in [3.63, 3.8) is 0 Å². The minimum atomic E-state index is 0. The molecule has 2 N–H and O–H groups in total. The Kier molecular flexibility index (Phi) is 9.69. The van der Waals surface area contributed by atoms with Crippen molar-refractivity contribution >= 4 is 29.9 Å². The number of benzene rings is 1. The molecule has 1 aromatic carbocycles. The first-order valence-corrected chi connectivity index (χ1v) is 9.70. The largest absolute Gasteiger partial charge is 0.468 e. The van der Waals surface area contributed by atoms with Crippen LogP contribution in [0.3, 0.4) is 0 Å². The van der Waals surface area contributed by atoms with Gasteiger partial charge >= 0.3 is 0 Å². The molecule has 0 saturated carbocycles. The van der Waals surface area contributed by atoms with Crippen molar-refractivity contribution in [1.29, 1.82) is 0 Å². The highest BCUT2D eigenvalue weighted by molar-refractivity contribution is 14.0. The van der Waals surface area contributed by atoms with Gasteiger partial charge in [-0.05, 0) is 50.6 Å². The van der Waals surface area contributed by atoms with E-state index in [1.54, 1.807) is 6.26 Å². The first-order chi connectivity index (χ1) is 12.9. The van der Waals surface area contributed by atoms with E-state index >= 15 is 0 Å². The summed E-state index contributed by atoms with van der Waals surface area (Å²) in [5.74, 6) is 1.88. The molecule has 27 heavy (non-hydrogen) atoms. The van der Waals surface area contributed by atoms with Gasteiger partial charge in [0, 0.05) is 13.1 Å². The van der Waals surface area contributed by atoms with Crippen LogP contribution in [0, 0.1) is 0 Å². The first-order valence-electron chi connectivity index (χ1n) is 9.70. The lowest BCUT2D eigenvalue weighted by atomic mass is 10.1. The maximum atomic E-state index is 5.73. The first kappa shape index (κ1) is 21.8. The highest BCUT2D eigenvalue weighted by Crippen LogP contribution is 2.24. The van der Waals surface area contributed by atoms with Crippen LogP contribution in [-0.2, 0) is 6.54 Å². The number of nitrogens with zero attached hydrogens (tertiary/aromatic N) is 2. The molecular formula is C21H31IN4O. The van der Waals surface area contributed by atoms with Crippen molar-refractivity contribution in [3.8, 4) is 0 Å². The van der Waals surface area contributed by atoms with Crippen LogP contribution in [0.15, 0.2) is 58.1 Å². The molecular weight excluding hydrogens is 451 g/mol. The summed E-state index contributed by atoms with van der Waals surface area (Å²) in [6, 6.07) is 14.6. The number of hydrogen-bond acceptors (Lipinski definition) is 3. The second-order valence-corrected chi connectivity index (χ2v) is 6.69. The number of halogens is 1. The fourth-order valence-electron chi connectivity index (χ4n) is 3.41. The Hall–Kier alpha value is -1.54. The van der Waals surface area contributed by atoms with E-state index in [1.807, 2.05) is 12.1 Å². The van der Waals surface area contributed by atoms with Gasteiger partial charge in [-0.25, -0.2) is 4.99 Å². The highest BCUT2D eigenvalue weighted by Gasteiger charge is 2.24. The number of furan rings is 1.